The van der Waals surface area contributed by atoms with Crippen molar-refractivity contribution in [2.24, 2.45) is 11.8 Å². The van der Waals surface area contributed by atoms with Crippen LogP contribution in [0.3, 0.4) is 0 Å². The summed E-state index contributed by atoms with van der Waals surface area (Å²) in [5.74, 6) is -1.33. The molecule has 9 aromatic carbocycles. The molecule has 100 heavy (non-hydrogen) atoms. The Balaban J connectivity index is 0.000000162. The first kappa shape index (κ1) is 75.2. The van der Waals surface area contributed by atoms with E-state index in [1.54, 1.807) is 11.8 Å². The second kappa shape index (κ2) is 40.2. The maximum atomic E-state index is 12.6. The molecule has 12 rings (SSSR count). The standard InChI is InChI=1S/C28H30O5S.C27H28O6S.C27H30O4S/c1-20-24(31-18-21-12-6-3-7-13-21)26(32-19-22-14-8-4-9-15-22)28(33-25(20)27(29)30-2)34-23-16-10-5-11-17-23;1-30-26(29)24-22(28)23(31-17-19-11-5-2-6-12-19)25(32-18-20-13-7-3-8-14-20)27(33-24)34-21-15-9-4-10-16-21;1-20-24(17-28)31-27(32-23-15-9-4-10-16-23)26(30-19-22-13-7-3-8-14-22)25(20)29-18-21-11-5-2-6-12-21/h3-17,20,24-26,28H,18-19H2,1-2H3;2-16,22-25,27-28H,17-18H2,1H3;2-16,20,24-28H,17-19H2,1H3/t20-,24+,25?,26?,28-;22-,23+,24?,25?,27-;20-,24?,25-,26?,27+/m001/s1. The van der Waals surface area contributed by atoms with Crippen molar-refractivity contribution in [3.8, 4) is 0 Å². The Labute approximate surface area is 600 Å². The van der Waals surface area contributed by atoms with E-state index in [4.69, 9.17) is 52.1 Å². The van der Waals surface area contributed by atoms with Gasteiger partial charge in [0.05, 0.1) is 78.8 Å². The average molecular weight is 1410 g/mol. The fraction of sp³-hybridized carbons (Fsp3) is 0.317. The van der Waals surface area contributed by atoms with Gasteiger partial charge in [0.25, 0.3) is 0 Å². The second-order valence-corrected chi connectivity index (χ2v) is 27.7. The van der Waals surface area contributed by atoms with Crippen LogP contribution < -0.4 is 0 Å². The largest absolute Gasteiger partial charge is 0.467 e. The highest BCUT2D eigenvalue weighted by Gasteiger charge is 2.52. The van der Waals surface area contributed by atoms with Crippen LogP contribution in [0.5, 0.6) is 0 Å². The number of carbonyl (C=O) groups is 2. The third-order valence-corrected chi connectivity index (χ3v) is 20.6. The van der Waals surface area contributed by atoms with Gasteiger partial charge >= 0.3 is 11.9 Å². The molecule has 9 aromatic rings. The molecule has 3 aliphatic heterocycles. The number of esters is 2. The lowest BCUT2D eigenvalue weighted by Crippen LogP contribution is -2.60. The first-order valence-corrected chi connectivity index (χ1v) is 36.2. The Morgan fingerprint density at radius 3 is 0.870 bits per heavy atom. The predicted octanol–water partition coefficient (Wildman–Crippen LogP) is 15.0. The Bertz CT molecular complexity index is 3570. The molecule has 18 heteroatoms. The lowest BCUT2D eigenvalue weighted by atomic mass is 9.90. The third kappa shape index (κ3) is 22.3. The van der Waals surface area contributed by atoms with Gasteiger partial charge in [0, 0.05) is 26.5 Å². The maximum absolute atomic E-state index is 12.6. The zero-order chi connectivity index (χ0) is 69.7. The molecule has 2 N–H and O–H groups in total. The zero-order valence-electron chi connectivity index (χ0n) is 56.5. The van der Waals surface area contributed by atoms with Crippen molar-refractivity contribution in [2.75, 3.05) is 20.8 Å². The minimum Gasteiger partial charge on any atom is -0.467 e. The van der Waals surface area contributed by atoms with Gasteiger partial charge in [-0.25, -0.2) is 9.59 Å². The van der Waals surface area contributed by atoms with Gasteiger partial charge in [0.15, 0.2) is 12.2 Å². The summed E-state index contributed by atoms with van der Waals surface area (Å²) in [4.78, 5) is 28.2. The average Bonchev–Trinajstić information content (AvgIpc) is 0.802. The number of aliphatic hydroxyl groups is 2. The van der Waals surface area contributed by atoms with Gasteiger partial charge in [-0.1, -0.05) is 286 Å². The van der Waals surface area contributed by atoms with Gasteiger partial charge in [-0.15, -0.1) is 0 Å². The number of hydrogen-bond donors (Lipinski definition) is 2. The molecule has 3 heterocycles. The Morgan fingerprint density at radius 2 is 0.570 bits per heavy atom. The van der Waals surface area contributed by atoms with Gasteiger partial charge in [-0.2, -0.15) is 0 Å². The third-order valence-electron chi connectivity index (χ3n) is 17.1. The van der Waals surface area contributed by atoms with E-state index >= 15 is 0 Å². The fourth-order valence-corrected chi connectivity index (χ4v) is 15.1. The highest BCUT2D eigenvalue weighted by atomic mass is 32.2. The maximum Gasteiger partial charge on any atom is 0.337 e. The molecule has 524 valence electrons. The normalized spacial score (nSPS) is 24.8. The van der Waals surface area contributed by atoms with Gasteiger partial charge in [0.2, 0.25) is 0 Å². The monoisotopic (exact) mass is 1410 g/mol. The number of benzene rings is 9. The van der Waals surface area contributed by atoms with Crippen LogP contribution in [-0.4, -0.2) is 120 Å². The molecule has 6 unspecified atom stereocenters. The van der Waals surface area contributed by atoms with Crippen molar-refractivity contribution in [1.82, 2.24) is 0 Å². The summed E-state index contributed by atoms with van der Waals surface area (Å²) in [6, 6.07) is 89.6. The van der Waals surface area contributed by atoms with Crippen molar-refractivity contribution < 1.29 is 71.9 Å². The summed E-state index contributed by atoms with van der Waals surface area (Å²) in [5, 5.41) is 21.1. The number of carbonyl (C=O) groups excluding carboxylic acids is 2. The zero-order valence-corrected chi connectivity index (χ0v) is 59.0. The molecule has 0 aliphatic carbocycles. The summed E-state index contributed by atoms with van der Waals surface area (Å²) in [6.07, 6.45) is -6.25. The van der Waals surface area contributed by atoms with Crippen LogP contribution >= 0.6 is 35.3 Å². The molecule has 3 fully saturated rings. The number of hydrogen-bond acceptors (Lipinski definition) is 18. The first-order chi connectivity index (χ1) is 49.0. The van der Waals surface area contributed by atoms with Crippen molar-refractivity contribution in [1.29, 1.82) is 0 Å². The smallest absolute Gasteiger partial charge is 0.337 e. The highest BCUT2D eigenvalue weighted by Crippen LogP contribution is 2.42. The van der Waals surface area contributed by atoms with Crippen LogP contribution in [0, 0.1) is 11.8 Å². The molecule has 0 amide bonds. The number of ether oxygens (including phenoxy) is 11. The van der Waals surface area contributed by atoms with E-state index < -0.39 is 59.4 Å². The molecule has 3 aliphatic rings. The Hall–Kier alpha value is -7.47. The first-order valence-electron chi connectivity index (χ1n) is 33.5. The van der Waals surface area contributed by atoms with E-state index in [0.717, 1.165) is 48.1 Å². The number of aliphatic hydroxyl groups excluding tert-OH is 2. The van der Waals surface area contributed by atoms with E-state index in [1.807, 2.05) is 244 Å². The number of methoxy groups -OCH3 is 2. The molecule has 0 saturated carbocycles. The van der Waals surface area contributed by atoms with Gasteiger partial charge in [-0.3, -0.25) is 0 Å². The molecule has 0 aromatic heterocycles. The number of rotatable bonds is 27. The number of thioether (sulfide) groups is 3. The van der Waals surface area contributed by atoms with Gasteiger partial charge in [0.1, 0.15) is 46.8 Å². The van der Waals surface area contributed by atoms with Crippen LogP contribution in [0.15, 0.2) is 288 Å². The van der Waals surface area contributed by atoms with Crippen LogP contribution in [0.2, 0.25) is 0 Å². The van der Waals surface area contributed by atoms with Crippen molar-refractivity contribution in [3.05, 3.63) is 306 Å². The molecule has 15 atom stereocenters. The summed E-state index contributed by atoms with van der Waals surface area (Å²) >= 11 is 4.57. The summed E-state index contributed by atoms with van der Waals surface area (Å²) in [7, 11) is 2.66. The van der Waals surface area contributed by atoms with Crippen LogP contribution in [-0.2, 0) is 101 Å². The minimum atomic E-state index is -1.26. The van der Waals surface area contributed by atoms with E-state index in [0.29, 0.717) is 33.0 Å². The molecular weight excluding hydrogens is 1320 g/mol. The molecule has 0 bridgehead atoms. The second-order valence-electron chi connectivity index (χ2n) is 24.2. The lowest BCUT2D eigenvalue weighted by molar-refractivity contribution is -0.236. The van der Waals surface area contributed by atoms with Crippen LogP contribution in [0.25, 0.3) is 0 Å². The predicted molar refractivity (Wildman–Crippen MR) is 388 cm³/mol. The Kier molecular flexibility index (Phi) is 30.3. The highest BCUT2D eigenvalue weighted by molar-refractivity contribution is 8.00. The summed E-state index contributed by atoms with van der Waals surface area (Å²) < 4.78 is 67.0. The van der Waals surface area contributed by atoms with E-state index in [2.05, 4.69) is 43.3 Å². The molecule has 3 saturated heterocycles. The molecule has 15 nitrogen and oxygen atoms in total. The molecular formula is C82H88O15S3. The SMILES string of the molecule is COC(=O)C1O[C@@H](Sc2ccccc2)C(OCc2ccccc2)[C@H](OCc2ccccc2)[C@@H]1C.COC(=O)C1O[C@@H](Sc2ccccc2)C(OCc2ccccc2)[C@H](OCc2ccccc2)[C@@H]1O.C[C@@H]1C(CO)O[C@@H](Sc2ccccc2)C(OCc2ccccc2)[C@@H]1OCc1ccccc1. The van der Waals surface area contributed by atoms with E-state index in [-0.39, 0.29) is 54.9 Å². The van der Waals surface area contributed by atoms with Crippen molar-refractivity contribution >= 4 is 47.2 Å². The van der Waals surface area contributed by atoms with Crippen molar-refractivity contribution in [3.63, 3.8) is 0 Å². The summed E-state index contributed by atoms with van der Waals surface area (Å²) in [5.41, 5.74) is 4.92. The van der Waals surface area contributed by atoms with E-state index in [9.17, 15) is 19.8 Å². The van der Waals surface area contributed by atoms with Crippen LogP contribution in [0.4, 0.5) is 0 Å². The van der Waals surface area contributed by atoms with Gasteiger partial charge in [-0.05, 0) is 69.8 Å². The quantitative estimate of drug-likeness (QED) is 0.0465. The molecule has 0 radical (unpaired) electrons. The summed E-state index contributed by atoms with van der Waals surface area (Å²) in [6.45, 7) is 6.33. The van der Waals surface area contributed by atoms with Crippen LogP contribution in [0.1, 0.15) is 47.2 Å². The Morgan fingerprint density at radius 1 is 0.330 bits per heavy atom. The van der Waals surface area contributed by atoms with Crippen molar-refractivity contribution in [2.45, 2.75) is 146 Å². The fourth-order valence-electron chi connectivity index (χ4n) is 11.7. The minimum absolute atomic E-state index is 0.0166. The van der Waals surface area contributed by atoms with Gasteiger partial charge < -0.3 is 62.3 Å². The topological polar surface area (TPSA) is 176 Å². The lowest BCUT2D eigenvalue weighted by Gasteiger charge is -2.44. The molecule has 0 spiro atoms. The van der Waals surface area contributed by atoms with E-state index in [1.165, 1.54) is 37.7 Å².